The van der Waals surface area contributed by atoms with Gasteiger partial charge >= 0.3 is 6.09 Å². The number of hydrogen-bond donors (Lipinski definition) is 4. The lowest BCUT2D eigenvalue weighted by Gasteiger charge is -2.36. The Balaban J connectivity index is 2.86. The molecule has 35 heavy (non-hydrogen) atoms. The molecule has 0 saturated carbocycles. The number of hydrazine groups is 1. The van der Waals surface area contributed by atoms with Gasteiger partial charge in [0, 0.05) is 19.6 Å². The second kappa shape index (κ2) is 14.3. The quantitative estimate of drug-likeness (QED) is 0.108. The first-order valence-electron chi connectivity index (χ1n) is 12.1. The summed E-state index contributed by atoms with van der Waals surface area (Å²) in [6.45, 7) is 10.4. The van der Waals surface area contributed by atoms with Crippen LogP contribution in [0.5, 0.6) is 0 Å². The predicted molar refractivity (Wildman–Crippen MR) is 131 cm³/mol. The lowest BCUT2D eigenvalue weighted by molar-refractivity contribution is -0.525. The van der Waals surface area contributed by atoms with Gasteiger partial charge in [0.2, 0.25) is 11.8 Å². The van der Waals surface area contributed by atoms with E-state index in [1.54, 1.807) is 26.2 Å². The van der Waals surface area contributed by atoms with Crippen LogP contribution < -0.4 is 21.8 Å². The summed E-state index contributed by atoms with van der Waals surface area (Å²) < 4.78 is 5.46. The molecule has 0 aromatic heterocycles. The maximum Gasteiger partial charge on any atom is 0.410 e. The lowest BCUT2D eigenvalue weighted by atomic mass is 10.0. The van der Waals surface area contributed by atoms with Crippen molar-refractivity contribution in [2.45, 2.75) is 90.8 Å². The van der Waals surface area contributed by atoms with E-state index >= 15 is 0 Å². The van der Waals surface area contributed by atoms with Crippen molar-refractivity contribution in [3.8, 4) is 0 Å². The van der Waals surface area contributed by atoms with Crippen LogP contribution in [0, 0.1) is 16.0 Å². The molecule has 0 radical (unpaired) electrons. The number of guanidine groups is 1. The molecule has 3 amide bonds. The highest BCUT2D eigenvalue weighted by Gasteiger charge is 2.36. The lowest BCUT2D eigenvalue weighted by Crippen LogP contribution is -2.57. The number of ether oxygens (including phenoxy) is 1. The molecule has 0 spiro atoms. The van der Waals surface area contributed by atoms with E-state index in [0.717, 1.165) is 19.3 Å². The standard InChI is InChI=1S/C22H41N7O6/c1-15(2)11-13-24-18(30)16(9-8-12-25-20(23)27-29(33)34)26-19(31)17-10-6-7-14-28(17)21(32)35-22(3,4)5/h15-17H,6-14H2,1-5H3,(H,24,30)(H,26,31)(H3,23,25,27)/t16-,17?/m0/s1. The Morgan fingerprint density at radius 2 is 1.91 bits per heavy atom. The fourth-order valence-electron chi connectivity index (χ4n) is 3.51. The van der Waals surface area contributed by atoms with Crippen LogP contribution in [0.15, 0.2) is 4.99 Å². The van der Waals surface area contributed by atoms with Gasteiger partial charge in [0.25, 0.3) is 5.96 Å². The van der Waals surface area contributed by atoms with Crippen molar-refractivity contribution in [2.75, 3.05) is 19.6 Å². The maximum atomic E-state index is 13.2. The topological polar surface area (TPSA) is 181 Å². The number of nitro groups is 1. The molecule has 1 aliphatic heterocycles. The van der Waals surface area contributed by atoms with Crippen molar-refractivity contribution >= 4 is 23.9 Å². The highest BCUT2D eigenvalue weighted by Crippen LogP contribution is 2.21. The molecule has 1 fully saturated rings. The van der Waals surface area contributed by atoms with Crippen molar-refractivity contribution in [3.05, 3.63) is 10.1 Å². The van der Waals surface area contributed by atoms with E-state index in [1.807, 2.05) is 13.8 Å². The number of nitrogens with two attached hydrogens (primary N) is 1. The van der Waals surface area contributed by atoms with Crippen LogP contribution in [0.3, 0.4) is 0 Å². The third-order valence-corrected chi connectivity index (χ3v) is 5.23. The summed E-state index contributed by atoms with van der Waals surface area (Å²) in [6.07, 6.45) is 2.84. The predicted octanol–water partition coefficient (Wildman–Crippen LogP) is 1.30. The smallest absolute Gasteiger partial charge is 0.410 e. The first kappa shape index (κ1) is 29.9. The highest BCUT2D eigenvalue weighted by atomic mass is 16.7. The van der Waals surface area contributed by atoms with E-state index in [4.69, 9.17) is 10.5 Å². The minimum Gasteiger partial charge on any atom is -0.444 e. The Hall–Kier alpha value is -3.12. The van der Waals surface area contributed by atoms with Crippen LogP contribution in [0.4, 0.5) is 4.79 Å². The average Bonchev–Trinajstić information content (AvgIpc) is 2.73. The number of nitrogens with one attached hydrogen (secondary N) is 3. The monoisotopic (exact) mass is 499 g/mol. The van der Waals surface area contributed by atoms with E-state index in [2.05, 4.69) is 15.6 Å². The normalized spacial score (nSPS) is 17.5. The van der Waals surface area contributed by atoms with Gasteiger partial charge in [-0.3, -0.25) is 14.5 Å². The molecular weight excluding hydrogens is 458 g/mol. The fraction of sp³-hybridized carbons (Fsp3) is 0.818. The molecule has 0 aliphatic carbocycles. The van der Waals surface area contributed by atoms with Crippen LogP contribution in [-0.4, -0.2) is 71.1 Å². The van der Waals surface area contributed by atoms with E-state index in [1.165, 1.54) is 4.90 Å². The number of likely N-dealkylation sites (tertiary alicyclic amines) is 1. The number of carbonyl (C=O) groups is 3. The number of nitrogens with zero attached hydrogens (tertiary/aromatic N) is 3. The molecule has 0 aromatic carbocycles. The Kier molecular flexibility index (Phi) is 12.2. The van der Waals surface area contributed by atoms with Crippen LogP contribution in [0.1, 0.15) is 73.1 Å². The third kappa shape index (κ3) is 12.2. The van der Waals surface area contributed by atoms with Gasteiger partial charge in [-0.1, -0.05) is 19.3 Å². The van der Waals surface area contributed by atoms with Crippen molar-refractivity contribution < 1.29 is 24.2 Å². The molecule has 0 aromatic rings. The molecule has 1 rings (SSSR count). The second-order valence-electron chi connectivity index (χ2n) is 10.00. The Bertz CT molecular complexity index is 766. The van der Waals surface area contributed by atoms with Gasteiger partial charge in [0.05, 0.1) is 0 Å². The van der Waals surface area contributed by atoms with E-state index < -0.39 is 34.7 Å². The van der Waals surface area contributed by atoms with Crippen LogP contribution >= 0.6 is 0 Å². The zero-order valence-electron chi connectivity index (χ0n) is 21.5. The van der Waals surface area contributed by atoms with Gasteiger partial charge in [0.15, 0.2) is 5.03 Å². The maximum absolute atomic E-state index is 13.2. The van der Waals surface area contributed by atoms with Crippen molar-refractivity contribution in [3.63, 3.8) is 0 Å². The van der Waals surface area contributed by atoms with Gasteiger partial charge in [-0.25, -0.2) is 19.9 Å². The summed E-state index contributed by atoms with van der Waals surface area (Å²) in [5, 5.41) is 15.2. The van der Waals surface area contributed by atoms with E-state index in [0.29, 0.717) is 31.8 Å². The zero-order valence-corrected chi connectivity index (χ0v) is 21.5. The number of piperidine rings is 1. The molecule has 13 nitrogen and oxygen atoms in total. The molecule has 13 heteroatoms. The number of aliphatic imine (C=N–C) groups is 1. The number of rotatable bonds is 11. The second-order valence-corrected chi connectivity index (χ2v) is 10.00. The SMILES string of the molecule is CC(C)CCNC(=O)[C@H](CCCN=C(N)N[N+](=O)[O-])NC(=O)C1CCCCN1C(=O)OC(C)(C)C. The average molecular weight is 500 g/mol. The van der Waals surface area contributed by atoms with Gasteiger partial charge in [-0.05, 0) is 65.2 Å². The van der Waals surface area contributed by atoms with Crippen molar-refractivity contribution in [1.82, 2.24) is 21.0 Å². The molecule has 200 valence electrons. The molecule has 1 unspecified atom stereocenters. The number of carbonyl (C=O) groups excluding carboxylic acids is 3. The van der Waals surface area contributed by atoms with E-state index in [-0.39, 0.29) is 24.8 Å². The molecule has 1 saturated heterocycles. The Morgan fingerprint density at radius 3 is 2.51 bits per heavy atom. The largest absolute Gasteiger partial charge is 0.444 e. The molecule has 1 aliphatic rings. The summed E-state index contributed by atoms with van der Waals surface area (Å²) >= 11 is 0. The Labute approximate surface area is 206 Å². The number of hydrogen-bond acceptors (Lipinski definition) is 7. The summed E-state index contributed by atoms with van der Waals surface area (Å²) in [6, 6.07) is -1.58. The van der Waals surface area contributed by atoms with Crippen LogP contribution in [0.2, 0.25) is 0 Å². The van der Waals surface area contributed by atoms with Crippen LogP contribution in [-0.2, 0) is 14.3 Å². The summed E-state index contributed by atoms with van der Waals surface area (Å²) in [7, 11) is 0. The first-order chi connectivity index (χ1) is 16.3. The Morgan fingerprint density at radius 1 is 1.23 bits per heavy atom. The minimum atomic E-state index is -0.850. The van der Waals surface area contributed by atoms with Gasteiger partial charge in [-0.15, -0.1) is 0 Å². The molecule has 1 heterocycles. The minimum absolute atomic E-state index is 0.131. The third-order valence-electron chi connectivity index (χ3n) is 5.23. The number of amides is 3. The van der Waals surface area contributed by atoms with Crippen molar-refractivity contribution in [1.29, 1.82) is 0 Å². The zero-order chi connectivity index (χ0) is 26.6. The van der Waals surface area contributed by atoms with Crippen molar-refractivity contribution in [2.24, 2.45) is 16.6 Å². The molecule has 0 bridgehead atoms. The molecule has 5 N–H and O–H groups in total. The summed E-state index contributed by atoms with van der Waals surface area (Å²) in [5.74, 6) is -0.692. The molecule has 2 atom stereocenters. The highest BCUT2D eigenvalue weighted by molar-refractivity contribution is 5.91. The summed E-state index contributed by atoms with van der Waals surface area (Å²) in [5.41, 5.74) is 6.47. The van der Waals surface area contributed by atoms with E-state index in [9.17, 15) is 24.5 Å². The fourth-order valence-corrected chi connectivity index (χ4v) is 3.51. The molecular formula is C22H41N7O6. The van der Waals surface area contributed by atoms with Gasteiger partial charge in [0.1, 0.15) is 17.7 Å². The van der Waals surface area contributed by atoms with Crippen LogP contribution in [0.25, 0.3) is 0 Å². The summed E-state index contributed by atoms with van der Waals surface area (Å²) in [4.78, 5) is 54.3. The van der Waals surface area contributed by atoms with Gasteiger partial charge in [-0.2, -0.15) is 0 Å². The first-order valence-corrected chi connectivity index (χ1v) is 12.1. The van der Waals surface area contributed by atoms with Gasteiger partial charge < -0.3 is 21.1 Å².